The van der Waals surface area contributed by atoms with Gasteiger partial charge in [0.25, 0.3) is 5.91 Å². The van der Waals surface area contributed by atoms with Crippen molar-refractivity contribution in [1.29, 1.82) is 0 Å². The van der Waals surface area contributed by atoms with Crippen LogP contribution in [0.1, 0.15) is 59.3 Å². The first-order chi connectivity index (χ1) is 18.1. The first-order valence-corrected chi connectivity index (χ1v) is 13.2. The Morgan fingerprint density at radius 3 is 2.43 bits per heavy atom. The summed E-state index contributed by atoms with van der Waals surface area (Å²) < 4.78 is 19.0. The van der Waals surface area contributed by atoms with E-state index in [-0.39, 0.29) is 10.9 Å². The molecule has 2 fully saturated rings. The Balaban J connectivity index is 1.13. The van der Waals surface area contributed by atoms with E-state index < -0.39 is 5.82 Å². The fraction of sp³-hybridized carbons (Fsp3) is 0.345. The van der Waals surface area contributed by atoms with Crippen LogP contribution in [0.3, 0.4) is 0 Å². The number of carbonyl (C=O) groups excluding carboxylic acids is 1. The molecule has 0 radical (unpaired) electrons. The summed E-state index contributed by atoms with van der Waals surface area (Å²) in [7, 11) is 0. The van der Waals surface area contributed by atoms with Crippen LogP contribution >= 0.6 is 11.6 Å². The van der Waals surface area contributed by atoms with Gasteiger partial charge in [0.2, 0.25) is 0 Å². The Bertz CT molecular complexity index is 1420. The number of carbonyl (C=O) groups is 1. The predicted octanol–water partition coefficient (Wildman–Crippen LogP) is 6.33. The number of pyridine rings is 1. The second kappa shape index (κ2) is 10.2. The molecule has 2 aromatic carbocycles. The number of benzene rings is 2. The van der Waals surface area contributed by atoms with Gasteiger partial charge < -0.3 is 14.6 Å². The zero-order valence-corrected chi connectivity index (χ0v) is 21.2. The molecule has 1 amide bonds. The lowest BCUT2D eigenvalue weighted by Gasteiger charge is -2.32. The van der Waals surface area contributed by atoms with Gasteiger partial charge in [-0.15, -0.1) is 0 Å². The maximum Gasteiger partial charge on any atom is 0.253 e. The molecule has 2 saturated heterocycles. The molecule has 8 heteroatoms. The number of nitrogens with zero attached hydrogens (tertiary/aromatic N) is 3. The third-order valence-electron chi connectivity index (χ3n) is 7.65. The van der Waals surface area contributed by atoms with Gasteiger partial charge in [-0.05, 0) is 78.6 Å². The second-order valence-corrected chi connectivity index (χ2v) is 10.3. The van der Waals surface area contributed by atoms with Crippen LogP contribution in [0.4, 0.5) is 4.39 Å². The fourth-order valence-electron chi connectivity index (χ4n) is 5.50. The van der Waals surface area contributed by atoms with Gasteiger partial charge >= 0.3 is 0 Å². The number of aromatic nitrogens is 3. The van der Waals surface area contributed by atoms with E-state index in [1.54, 1.807) is 12.1 Å². The summed E-state index contributed by atoms with van der Waals surface area (Å²) in [5, 5.41) is 0.0849. The van der Waals surface area contributed by atoms with E-state index in [4.69, 9.17) is 21.3 Å². The number of halogens is 2. The lowest BCUT2D eigenvalue weighted by Crippen LogP contribution is -2.37. The molecule has 1 N–H and O–H groups in total. The van der Waals surface area contributed by atoms with Crippen molar-refractivity contribution in [2.75, 3.05) is 26.3 Å². The number of rotatable bonds is 4. The lowest BCUT2D eigenvalue weighted by atomic mass is 9.89. The summed E-state index contributed by atoms with van der Waals surface area (Å²) in [6.07, 6.45) is 5.59. The molecule has 2 aromatic heterocycles. The SMILES string of the molecule is O=C(c1ccc(-c2ccc(F)c(Cl)c2)cc1)N1CCC(c2ccnc3[nH]c(C4CCOCC4)nc23)CC1. The van der Waals surface area contributed by atoms with Crippen molar-refractivity contribution in [3.05, 3.63) is 82.5 Å². The standard InChI is InChI=1S/C29H28ClFN4O2/c30-24-17-22(5-6-25(24)31)18-1-3-21(4-2-18)29(36)35-13-8-19(9-14-35)23-7-12-32-28-26(23)33-27(34-28)20-10-15-37-16-11-20/h1-7,12,17,19-20H,8-11,13-16H2,(H,32,33,34). The largest absolute Gasteiger partial charge is 0.381 e. The molecule has 190 valence electrons. The first kappa shape index (κ1) is 24.1. The van der Waals surface area contributed by atoms with Crippen LogP contribution < -0.4 is 0 Å². The van der Waals surface area contributed by atoms with E-state index in [9.17, 15) is 9.18 Å². The minimum absolute atomic E-state index is 0.0311. The van der Waals surface area contributed by atoms with Crippen LogP contribution in [-0.2, 0) is 4.74 Å². The van der Waals surface area contributed by atoms with Gasteiger partial charge in [0, 0.05) is 44.0 Å². The smallest absolute Gasteiger partial charge is 0.253 e. The Morgan fingerprint density at radius 2 is 1.70 bits per heavy atom. The summed E-state index contributed by atoms with van der Waals surface area (Å²) in [6.45, 7) is 2.94. The molecule has 0 aliphatic carbocycles. The molecule has 2 aliphatic rings. The van der Waals surface area contributed by atoms with E-state index in [0.717, 1.165) is 67.0 Å². The monoisotopic (exact) mass is 518 g/mol. The molecular formula is C29H28ClFN4O2. The summed E-state index contributed by atoms with van der Waals surface area (Å²) in [4.78, 5) is 28.1. The van der Waals surface area contributed by atoms with Gasteiger partial charge in [-0.3, -0.25) is 4.79 Å². The van der Waals surface area contributed by atoms with Crippen LogP contribution in [0.2, 0.25) is 5.02 Å². The number of hydrogen-bond acceptors (Lipinski definition) is 4. The maximum absolute atomic E-state index is 13.5. The van der Waals surface area contributed by atoms with Crippen molar-refractivity contribution in [3.8, 4) is 11.1 Å². The Labute approximate surface area is 219 Å². The van der Waals surface area contributed by atoms with Crippen molar-refractivity contribution < 1.29 is 13.9 Å². The molecule has 6 rings (SSSR count). The van der Waals surface area contributed by atoms with Gasteiger partial charge in [0.15, 0.2) is 5.65 Å². The third kappa shape index (κ3) is 4.86. The number of piperidine rings is 1. The Kier molecular flexibility index (Phi) is 6.65. The van der Waals surface area contributed by atoms with Crippen molar-refractivity contribution in [1.82, 2.24) is 19.9 Å². The van der Waals surface area contributed by atoms with E-state index in [2.05, 4.69) is 16.0 Å². The van der Waals surface area contributed by atoms with Crippen LogP contribution in [0.5, 0.6) is 0 Å². The molecule has 4 heterocycles. The summed E-state index contributed by atoms with van der Waals surface area (Å²) in [5.41, 5.74) is 5.38. The topological polar surface area (TPSA) is 71.1 Å². The van der Waals surface area contributed by atoms with Crippen molar-refractivity contribution in [2.24, 2.45) is 0 Å². The Hall–Kier alpha value is -3.29. The summed E-state index contributed by atoms with van der Waals surface area (Å²) in [6, 6.07) is 14.1. The number of ether oxygens (including phenoxy) is 1. The molecule has 4 aromatic rings. The highest BCUT2D eigenvalue weighted by atomic mass is 35.5. The zero-order chi connectivity index (χ0) is 25.4. The van der Waals surface area contributed by atoms with Crippen LogP contribution in [-0.4, -0.2) is 52.1 Å². The third-order valence-corrected chi connectivity index (χ3v) is 7.94. The van der Waals surface area contributed by atoms with Crippen LogP contribution in [0.15, 0.2) is 54.7 Å². The minimum Gasteiger partial charge on any atom is -0.381 e. The molecule has 0 unspecified atom stereocenters. The molecular weight excluding hydrogens is 491 g/mol. The van der Waals surface area contributed by atoms with E-state index in [0.29, 0.717) is 30.5 Å². The summed E-state index contributed by atoms with van der Waals surface area (Å²) in [5.74, 6) is 1.33. The van der Waals surface area contributed by atoms with Crippen molar-refractivity contribution in [3.63, 3.8) is 0 Å². The number of aromatic amines is 1. The normalized spacial score (nSPS) is 17.4. The molecule has 2 aliphatic heterocycles. The fourth-order valence-corrected chi connectivity index (χ4v) is 5.68. The second-order valence-electron chi connectivity index (χ2n) is 9.88. The minimum atomic E-state index is -0.444. The molecule has 0 spiro atoms. The quantitative estimate of drug-likeness (QED) is 0.342. The number of likely N-dealkylation sites (tertiary alicyclic amines) is 1. The highest BCUT2D eigenvalue weighted by Crippen LogP contribution is 2.34. The average Bonchev–Trinajstić information content (AvgIpc) is 3.40. The highest BCUT2D eigenvalue weighted by Gasteiger charge is 2.27. The van der Waals surface area contributed by atoms with Crippen molar-refractivity contribution >= 4 is 28.7 Å². The first-order valence-electron chi connectivity index (χ1n) is 12.8. The molecule has 0 bridgehead atoms. The molecule has 37 heavy (non-hydrogen) atoms. The van der Waals surface area contributed by atoms with Crippen LogP contribution in [0.25, 0.3) is 22.3 Å². The van der Waals surface area contributed by atoms with Gasteiger partial charge in [-0.2, -0.15) is 0 Å². The number of amides is 1. The van der Waals surface area contributed by atoms with Gasteiger partial charge in [-0.25, -0.2) is 14.4 Å². The van der Waals surface area contributed by atoms with E-state index >= 15 is 0 Å². The van der Waals surface area contributed by atoms with Gasteiger partial charge in [-0.1, -0.05) is 29.8 Å². The molecule has 0 saturated carbocycles. The highest BCUT2D eigenvalue weighted by molar-refractivity contribution is 6.31. The van der Waals surface area contributed by atoms with Crippen molar-refractivity contribution in [2.45, 2.75) is 37.5 Å². The summed E-state index contributed by atoms with van der Waals surface area (Å²) >= 11 is 5.92. The van der Waals surface area contributed by atoms with Crippen LogP contribution in [0, 0.1) is 5.82 Å². The van der Waals surface area contributed by atoms with Gasteiger partial charge in [0.05, 0.1) is 5.02 Å². The Morgan fingerprint density at radius 1 is 0.973 bits per heavy atom. The molecule has 0 atom stereocenters. The average molecular weight is 519 g/mol. The lowest BCUT2D eigenvalue weighted by molar-refractivity contribution is 0.0713. The van der Waals surface area contributed by atoms with E-state index in [1.807, 2.05) is 35.4 Å². The number of nitrogens with one attached hydrogen (secondary N) is 1. The number of imidazole rings is 1. The number of hydrogen-bond donors (Lipinski definition) is 1. The van der Waals surface area contributed by atoms with Gasteiger partial charge in [0.1, 0.15) is 17.2 Å². The molecule has 6 nitrogen and oxygen atoms in total. The maximum atomic E-state index is 13.5. The predicted molar refractivity (Wildman–Crippen MR) is 141 cm³/mol. The van der Waals surface area contributed by atoms with E-state index in [1.165, 1.54) is 11.6 Å². The number of fused-ring (bicyclic) bond motifs is 1. The number of H-pyrrole nitrogens is 1. The zero-order valence-electron chi connectivity index (χ0n) is 20.4.